The number of fused-ring (bicyclic) bond motifs is 2. The van der Waals surface area contributed by atoms with E-state index in [1.807, 2.05) is 42.3 Å². The maximum absolute atomic E-state index is 13.0. The van der Waals surface area contributed by atoms with Crippen molar-refractivity contribution < 1.29 is 4.79 Å². The molecule has 3 aliphatic rings. The molecule has 160 valence electrons. The molecule has 30 heavy (non-hydrogen) atoms. The van der Waals surface area contributed by atoms with Crippen molar-refractivity contribution in [2.45, 2.75) is 37.3 Å². The second-order valence-corrected chi connectivity index (χ2v) is 10.9. The Morgan fingerprint density at radius 1 is 1.23 bits per heavy atom. The van der Waals surface area contributed by atoms with Crippen molar-refractivity contribution in [1.29, 1.82) is 0 Å². The Balaban J connectivity index is 1.70. The molecular formula is C23H30N4OS2. The molecule has 2 aliphatic heterocycles. The molecule has 1 N–H and O–H groups in total. The Kier molecular flexibility index (Phi) is 5.54. The van der Waals surface area contributed by atoms with Crippen LogP contribution in [0.25, 0.3) is 16.5 Å². The molecule has 5 nitrogen and oxygen atoms in total. The molecule has 2 amide bonds. The second-order valence-electron chi connectivity index (χ2n) is 8.21. The van der Waals surface area contributed by atoms with Gasteiger partial charge < -0.3 is 4.90 Å². The number of nitrogens with one attached hydrogen (secondary N) is 1. The number of aromatic nitrogens is 1. The molecule has 1 saturated heterocycles. The SMILES string of the molecule is CCN(CC)C(=O)Nn1c(C2SCCS2)c2c3c(cccc31)C1=CCCN(C)[C@@H]1C2. The maximum Gasteiger partial charge on any atom is 0.336 e. The average molecular weight is 443 g/mol. The van der Waals surface area contributed by atoms with Gasteiger partial charge in [-0.2, -0.15) is 0 Å². The van der Waals surface area contributed by atoms with Gasteiger partial charge in [-0.15, -0.1) is 23.5 Å². The Morgan fingerprint density at radius 3 is 2.73 bits per heavy atom. The monoisotopic (exact) mass is 442 g/mol. The van der Waals surface area contributed by atoms with Crippen LogP contribution in [0.3, 0.4) is 0 Å². The molecule has 3 heterocycles. The number of carbonyl (C=O) groups excluding carboxylic acids is 1. The summed E-state index contributed by atoms with van der Waals surface area (Å²) in [6, 6.07) is 7.01. The van der Waals surface area contributed by atoms with Crippen LogP contribution in [0.5, 0.6) is 0 Å². The van der Waals surface area contributed by atoms with E-state index in [-0.39, 0.29) is 6.03 Å². The number of amides is 2. The molecule has 0 bridgehead atoms. The predicted molar refractivity (Wildman–Crippen MR) is 130 cm³/mol. The van der Waals surface area contributed by atoms with E-state index in [1.54, 1.807) is 0 Å². The van der Waals surface area contributed by atoms with Crippen molar-refractivity contribution in [2.24, 2.45) is 0 Å². The fourth-order valence-electron chi connectivity index (χ4n) is 5.15. The largest absolute Gasteiger partial charge is 0.336 e. The van der Waals surface area contributed by atoms with Gasteiger partial charge in [0.25, 0.3) is 0 Å². The maximum atomic E-state index is 13.0. The van der Waals surface area contributed by atoms with Crippen molar-refractivity contribution in [3.05, 3.63) is 41.1 Å². The van der Waals surface area contributed by atoms with Crippen LogP contribution in [0.15, 0.2) is 24.3 Å². The highest BCUT2D eigenvalue weighted by atomic mass is 32.2. The van der Waals surface area contributed by atoms with Gasteiger partial charge in [0.15, 0.2) is 0 Å². The lowest BCUT2D eigenvalue weighted by Crippen LogP contribution is -2.40. The van der Waals surface area contributed by atoms with Crippen LogP contribution < -0.4 is 5.43 Å². The Morgan fingerprint density at radius 2 is 2.00 bits per heavy atom. The smallest absolute Gasteiger partial charge is 0.324 e. The first-order chi connectivity index (χ1) is 14.6. The quantitative estimate of drug-likeness (QED) is 0.741. The minimum absolute atomic E-state index is 0.0175. The van der Waals surface area contributed by atoms with Crippen molar-refractivity contribution in [3.8, 4) is 0 Å². The molecule has 1 aromatic carbocycles. The number of hydrogen-bond acceptors (Lipinski definition) is 4. The molecule has 0 spiro atoms. The number of benzene rings is 1. The lowest BCUT2D eigenvalue weighted by Gasteiger charge is -2.37. The number of rotatable bonds is 4. The summed E-state index contributed by atoms with van der Waals surface area (Å²) in [6.45, 7) is 6.60. The third-order valence-electron chi connectivity index (χ3n) is 6.68. The van der Waals surface area contributed by atoms with Gasteiger partial charge in [-0.1, -0.05) is 18.2 Å². The van der Waals surface area contributed by atoms with Crippen molar-refractivity contribution in [2.75, 3.05) is 43.6 Å². The van der Waals surface area contributed by atoms with Gasteiger partial charge in [0.1, 0.15) is 0 Å². The van der Waals surface area contributed by atoms with Gasteiger partial charge in [-0.25, -0.2) is 10.2 Å². The van der Waals surface area contributed by atoms with E-state index in [0.717, 1.165) is 24.9 Å². The topological polar surface area (TPSA) is 40.5 Å². The third-order valence-corrected chi connectivity index (χ3v) is 9.69. The lowest BCUT2D eigenvalue weighted by molar-refractivity contribution is 0.214. The van der Waals surface area contributed by atoms with Gasteiger partial charge in [0, 0.05) is 42.6 Å². The van der Waals surface area contributed by atoms with Gasteiger partial charge in [0.05, 0.1) is 15.8 Å². The van der Waals surface area contributed by atoms with E-state index in [1.165, 1.54) is 39.3 Å². The fourth-order valence-corrected chi connectivity index (χ4v) is 8.12. The van der Waals surface area contributed by atoms with E-state index < -0.39 is 0 Å². The summed E-state index contributed by atoms with van der Waals surface area (Å²) in [7, 11) is 2.25. The highest BCUT2D eigenvalue weighted by Crippen LogP contribution is 2.51. The first-order valence-electron chi connectivity index (χ1n) is 11.0. The van der Waals surface area contributed by atoms with Gasteiger partial charge in [0.2, 0.25) is 0 Å². The first kappa shape index (κ1) is 20.3. The summed E-state index contributed by atoms with van der Waals surface area (Å²) in [6.07, 6.45) is 4.57. The minimum Gasteiger partial charge on any atom is -0.324 e. The Labute approximate surface area is 187 Å². The summed E-state index contributed by atoms with van der Waals surface area (Å²) in [4.78, 5) is 17.4. The van der Waals surface area contributed by atoms with Crippen molar-refractivity contribution >= 4 is 46.0 Å². The molecule has 1 fully saturated rings. The fraction of sp³-hybridized carbons (Fsp3) is 0.522. The number of nitrogens with zero attached hydrogens (tertiary/aromatic N) is 3. The van der Waals surface area contributed by atoms with Gasteiger partial charge in [-0.05, 0) is 56.5 Å². The molecular weight excluding hydrogens is 412 g/mol. The van der Waals surface area contributed by atoms with Gasteiger partial charge in [-0.3, -0.25) is 9.58 Å². The summed E-state index contributed by atoms with van der Waals surface area (Å²) < 4.78 is 2.50. The number of urea groups is 1. The van der Waals surface area contributed by atoms with E-state index in [9.17, 15) is 4.79 Å². The van der Waals surface area contributed by atoms with Crippen LogP contribution in [0.2, 0.25) is 0 Å². The van der Waals surface area contributed by atoms with E-state index >= 15 is 0 Å². The average Bonchev–Trinajstić information content (AvgIpc) is 3.38. The Hall–Kier alpha value is -1.57. The van der Waals surface area contributed by atoms with Crippen molar-refractivity contribution in [1.82, 2.24) is 14.5 Å². The van der Waals surface area contributed by atoms with Crippen LogP contribution in [-0.4, -0.2) is 64.7 Å². The molecule has 1 atom stereocenters. The molecule has 0 radical (unpaired) electrons. The van der Waals surface area contributed by atoms with Crippen LogP contribution in [-0.2, 0) is 6.42 Å². The number of likely N-dealkylation sites (N-methyl/N-ethyl adjacent to an activating group) is 1. The highest BCUT2D eigenvalue weighted by Gasteiger charge is 2.37. The molecule has 5 rings (SSSR count). The standard InChI is InChI=1S/C23H30N4OS2/c1-4-26(5-2)23(28)24-27-18-10-6-8-16-15-9-7-11-25(3)19(15)14-17(20(16)18)21(27)22-29-12-13-30-22/h6,8-10,19,22H,4-5,7,11-14H2,1-3H3,(H,24,28)/t19-/m1/s1. The summed E-state index contributed by atoms with van der Waals surface area (Å²) in [5, 5.41) is 1.35. The molecule has 7 heteroatoms. The zero-order chi connectivity index (χ0) is 20.8. The predicted octanol–water partition coefficient (Wildman–Crippen LogP) is 4.77. The first-order valence-corrected chi connectivity index (χ1v) is 13.1. The zero-order valence-corrected chi connectivity index (χ0v) is 19.6. The number of hydrogen-bond donors (Lipinski definition) is 1. The summed E-state index contributed by atoms with van der Waals surface area (Å²) in [5.74, 6) is 2.34. The van der Waals surface area contributed by atoms with Gasteiger partial charge >= 0.3 is 6.03 Å². The second kappa shape index (κ2) is 8.17. The normalized spacial score (nSPS) is 21.6. The molecule has 1 aliphatic carbocycles. The number of carbonyl (C=O) groups is 1. The minimum atomic E-state index is -0.0175. The number of thioether (sulfide) groups is 2. The van der Waals surface area contributed by atoms with Crippen LogP contribution in [0, 0.1) is 0 Å². The van der Waals surface area contributed by atoms with E-state index in [2.05, 4.69) is 46.3 Å². The van der Waals surface area contributed by atoms with Crippen molar-refractivity contribution in [3.63, 3.8) is 0 Å². The van der Waals surface area contributed by atoms with Crippen LogP contribution in [0.1, 0.15) is 41.7 Å². The lowest BCUT2D eigenvalue weighted by atomic mass is 9.81. The third kappa shape index (κ3) is 3.17. The highest BCUT2D eigenvalue weighted by molar-refractivity contribution is 8.19. The summed E-state index contributed by atoms with van der Waals surface area (Å²) in [5.41, 5.74) is 9.97. The molecule has 0 saturated carbocycles. The van der Waals surface area contributed by atoms with E-state index in [4.69, 9.17) is 0 Å². The molecule has 0 unspecified atom stereocenters. The Bertz CT molecular complexity index is 1000. The summed E-state index contributed by atoms with van der Waals surface area (Å²) >= 11 is 4.02. The molecule has 1 aromatic heterocycles. The zero-order valence-electron chi connectivity index (χ0n) is 18.0. The van der Waals surface area contributed by atoms with Crippen LogP contribution >= 0.6 is 23.5 Å². The molecule has 2 aromatic rings. The van der Waals surface area contributed by atoms with E-state index in [0.29, 0.717) is 23.7 Å². The van der Waals surface area contributed by atoms with Crippen LogP contribution in [0.4, 0.5) is 4.79 Å².